The molecular weight excluding hydrogens is 411 g/mol. The molecule has 2 atom stereocenters. The summed E-state index contributed by atoms with van der Waals surface area (Å²) in [7, 11) is 0. The molecule has 184 valence electrons. The Kier molecular flexibility index (Phi) is 13.7. The van der Waals surface area contributed by atoms with E-state index in [2.05, 4.69) is 55.0 Å². The molecule has 33 heavy (non-hydrogen) atoms. The van der Waals surface area contributed by atoms with E-state index in [0.29, 0.717) is 36.9 Å². The zero-order valence-corrected chi connectivity index (χ0v) is 21.2. The number of aryl methyl sites for hydroxylation is 1. The number of hydrogen-bond donors (Lipinski definition) is 0. The number of hydrogen-bond acceptors (Lipinski definition) is 3. The fraction of sp³-hybridized carbons (Fsp3) is 0.655. The van der Waals surface area contributed by atoms with E-state index in [-0.39, 0.29) is 0 Å². The molecule has 0 saturated carbocycles. The van der Waals surface area contributed by atoms with E-state index in [1.165, 1.54) is 63.4 Å². The number of nitrogens with zero attached hydrogens (tertiary/aromatic N) is 2. The highest BCUT2D eigenvalue weighted by molar-refractivity contribution is 5.55. The summed E-state index contributed by atoms with van der Waals surface area (Å²) in [6.07, 6.45) is 17.5. The number of alkyl halides is 1. The lowest BCUT2D eigenvalue weighted by Crippen LogP contribution is -2.12. The number of unbranched alkanes of at least 4 members (excludes halogenated alkanes) is 7. The van der Waals surface area contributed by atoms with Crippen molar-refractivity contribution in [2.75, 3.05) is 6.61 Å². The number of halogens is 1. The standard InChI is InChI=1S/C29H45FN2O/c1-4-6-8-9-10-11-12-14-25-15-17-26(18-16-25)29-31-22-28(23-32-29)33-20-19-27(30)21-24(3)13-7-5-2/h15-18,22-24,27H,4-14,19-21H2,1-3H3. The van der Waals surface area contributed by atoms with Gasteiger partial charge < -0.3 is 4.74 Å². The molecule has 1 heterocycles. The van der Waals surface area contributed by atoms with E-state index in [1.807, 2.05) is 0 Å². The van der Waals surface area contributed by atoms with Gasteiger partial charge >= 0.3 is 0 Å². The SMILES string of the molecule is CCCCCCCCCc1ccc(-c2ncc(OCCC(F)CC(C)CCCC)cn2)cc1. The molecule has 0 N–H and O–H groups in total. The van der Waals surface area contributed by atoms with Crippen LogP contribution in [0.5, 0.6) is 5.75 Å². The molecule has 4 heteroatoms. The number of ether oxygens (including phenoxy) is 1. The maximum atomic E-state index is 14.2. The molecule has 3 nitrogen and oxygen atoms in total. The Bertz CT molecular complexity index is 732. The predicted octanol–water partition coefficient (Wildman–Crippen LogP) is 8.76. The van der Waals surface area contributed by atoms with Gasteiger partial charge in [0.15, 0.2) is 11.6 Å². The quantitative estimate of drug-likeness (QED) is 0.210. The van der Waals surface area contributed by atoms with Crippen LogP contribution in [0.25, 0.3) is 11.4 Å². The molecule has 0 fully saturated rings. The van der Waals surface area contributed by atoms with E-state index in [0.717, 1.165) is 18.4 Å². The Morgan fingerprint density at radius 1 is 0.818 bits per heavy atom. The van der Waals surface area contributed by atoms with Crippen molar-refractivity contribution in [1.82, 2.24) is 9.97 Å². The van der Waals surface area contributed by atoms with Crippen molar-refractivity contribution in [3.05, 3.63) is 42.2 Å². The lowest BCUT2D eigenvalue weighted by Gasteiger charge is -2.14. The molecule has 0 spiro atoms. The van der Waals surface area contributed by atoms with Gasteiger partial charge in [-0.1, -0.05) is 103 Å². The van der Waals surface area contributed by atoms with Gasteiger partial charge in [-0.3, -0.25) is 0 Å². The minimum atomic E-state index is -0.809. The van der Waals surface area contributed by atoms with E-state index >= 15 is 0 Å². The van der Waals surface area contributed by atoms with Crippen molar-refractivity contribution in [2.24, 2.45) is 5.92 Å². The Balaban J connectivity index is 1.68. The van der Waals surface area contributed by atoms with Crippen LogP contribution >= 0.6 is 0 Å². The maximum absolute atomic E-state index is 14.2. The summed E-state index contributed by atoms with van der Waals surface area (Å²) in [5.41, 5.74) is 2.38. The van der Waals surface area contributed by atoms with Crippen molar-refractivity contribution >= 4 is 0 Å². The largest absolute Gasteiger partial charge is 0.490 e. The van der Waals surface area contributed by atoms with Crippen LogP contribution in [0, 0.1) is 5.92 Å². The molecule has 2 aromatic rings. The molecule has 0 saturated heterocycles. The number of rotatable bonds is 18. The summed E-state index contributed by atoms with van der Waals surface area (Å²) in [5, 5.41) is 0. The molecule has 0 aliphatic rings. The van der Waals surface area contributed by atoms with Crippen LogP contribution in [0.2, 0.25) is 0 Å². The second-order valence-electron chi connectivity index (χ2n) is 9.53. The van der Waals surface area contributed by atoms with E-state index in [9.17, 15) is 4.39 Å². The first-order valence-electron chi connectivity index (χ1n) is 13.3. The maximum Gasteiger partial charge on any atom is 0.159 e. The van der Waals surface area contributed by atoms with Gasteiger partial charge in [0, 0.05) is 12.0 Å². The van der Waals surface area contributed by atoms with Gasteiger partial charge in [0.25, 0.3) is 0 Å². The van der Waals surface area contributed by atoms with Gasteiger partial charge in [0.1, 0.15) is 6.17 Å². The van der Waals surface area contributed by atoms with Crippen LogP contribution in [-0.4, -0.2) is 22.7 Å². The summed E-state index contributed by atoms with van der Waals surface area (Å²) in [6.45, 7) is 6.93. The fourth-order valence-electron chi connectivity index (χ4n) is 4.18. The zero-order chi connectivity index (χ0) is 23.7. The normalized spacial score (nSPS) is 13.1. The van der Waals surface area contributed by atoms with Crippen molar-refractivity contribution < 1.29 is 9.13 Å². The molecule has 0 aliphatic heterocycles. The third kappa shape index (κ3) is 11.6. The highest BCUT2D eigenvalue weighted by Crippen LogP contribution is 2.20. The fourth-order valence-corrected chi connectivity index (χ4v) is 4.18. The average molecular weight is 457 g/mol. The van der Waals surface area contributed by atoms with Gasteiger partial charge in [0.05, 0.1) is 19.0 Å². The Morgan fingerprint density at radius 3 is 2.12 bits per heavy atom. The number of aromatic nitrogens is 2. The summed E-state index contributed by atoms with van der Waals surface area (Å²) in [4.78, 5) is 8.88. The van der Waals surface area contributed by atoms with Crippen LogP contribution in [0.1, 0.15) is 103 Å². The molecule has 0 amide bonds. The van der Waals surface area contributed by atoms with Crippen molar-refractivity contribution in [3.8, 4) is 17.1 Å². The first-order chi connectivity index (χ1) is 16.1. The lowest BCUT2D eigenvalue weighted by molar-refractivity contribution is 0.204. The molecule has 1 aromatic carbocycles. The summed E-state index contributed by atoms with van der Waals surface area (Å²) >= 11 is 0. The molecular formula is C29H45FN2O. The van der Waals surface area contributed by atoms with Gasteiger partial charge in [-0.2, -0.15) is 0 Å². The molecule has 0 radical (unpaired) electrons. The van der Waals surface area contributed by atoms with Gasteiger partial charge in [-0.25, -0.2) is 14.4 Å². The van der Waals surface area contributed by atoms with Crippen LogP contribution in [-0.2, 0) is 6.42 Å². The van der Waals surface area contributed by atoms with Crippen LogP contribution < -0.4 is 4.74 Å². The highest BCUT2D eigenvalue weighted by Gasteiger charge is 2.12. The Labute approximate surface area is 201 Å². The Morgan fingerprint density at radius 2 is 1.45 bits per heavy atom. The van der Waals surface area contributed by atoms with Gasteiger partial charge in [0.2, 0.25) is 0 Å². The molecule has 0 aliphatic carbocycles. The first-order valence-corrected chi connectivity index (χ1v) is 13.3. The monoisotopic (exact) mass is 456 g/mol. The number of benzene rings is 1. The van der Waals surface area contributed by atoms with Gasteiger partial charge in [-0.05, 0) is 30.7 Å². The first kappa shape index (κ1) is 27.3. The molecule has 2 rings (SSSR count). The van der Waals surface area contributed by atoms with E-state index < -0.39 is 6.17 Å². The second-order valence-corrected chi connectivity index (χ2v) is 9.53. The minimum absolute atomic E-state index is 0.359. The molecule has 0 bridgehead atoms. The summed E-state index contributed by atoms with van der Waals surface area (Å²) in [6, 6.07) is 8.56. The van der Waals surface area contributed by atoms with Crippen LogP contribution in [0.3, 0.4) is 0 Å². The lowest BCUT2D eigenvalue weighted by atomic mass is 9.97. The second kappa shape index (κ2) is 16.6. The predicted molar refractivity (Wildman–Crippen MR) is 137 cm³/mol. The molecule has 2 unspecified atom stereocenters. The Hall–Kier alpha value is -1.97. The van der Waals surface area contributed by atoms with E-state index in [4.69, 9.17) is 4.74 Å². The molecule has 1 aromatic heterocycles. The van der Waals surface area contributed by atoms with Crippen molar-refractivity contribution in [1.29, 1.82) is 0 Å². The summed E-state index contributed by atoms with van der Waals surface area (Å²) in [5.74, 6) is 1.72. The topological polar surface area (TPSA) is 35.0 Å². The highest BCUT2D eigenvalue weighted by atomic mass is 19.1. The van der Waals surface area contributed by atoms with Crippen LogP contribution in [0.4, 0.5) is 4.39 Å². The average Bonchev–Trinajstić information content (AvgIpc) is 2.83. The zero-order valence-electron chi connectivity index (χ0n) is 21.2. The summed E-state index contributed by atoms with van der Waals surface area (Å²) < 4.78 is 19.8. The van der Waals surface area contributed by atoms with E-state index in [1.54, 1.807) is 12.4 Å². The smallest absolute Gasteiger partial charge is 0.159 e. The van der Waals surface area contributed by atoms with Crippen molar-refractivity contribution in [3.63, 3.8) is 0 Å². The third-order valence-corrected chi connectivity index (χ3v) is 6.32. The van der Waals surface area contributed by atoms with Crippen molar-refractivity contribution in [2.45, 2.75) is 110 Å². The van der Waals surface area contributed by atoms with Crippen LogP contribution in [0.15, 0.2) is 36.7 Å². The minimum Gasteiger partial charge on any atom is -0.490 e. The third-order valence-electron chi connectivity index (χ3n) is 6.32. The van der Waals surface area contributed by atoms with Gasteiger partial charge in [-0.15, -0.1) is 0 Å².